The number of nitrogens with one attached hydrogen (secondary N) is 1. The number of aromatic hydroxyl groups is 1. The summed E-state index contributed by atoms with van der Waals surface area (Å²) in [6.07, 6.45) is 3.25. The third kappa shape index (κ3) is 3.39. The van der Waals surface area contributed by atoms with Crippen LogP contribution in [0.4, 0.5) is 0 Å². The maximum atomic E-state index is 12.1. The lowest BCUT2D eigenvalue weighted by molar-refractivity contribution is -0.143. The van der Waals surface area contributed by atoms with Crippen LogP contribution in [0.5, 0.6) is 5.75 Å². The van der Waals surface area contributed by atoms with Crippen molar-refractivity contribution in [1.82, 2.24) is 5.32 Å². The van der Waals surface area contributed by atoms with E-state index in [4.69, 9.17) is 4.74 Å². The molecule has 0 aromatic heterocycles. The van der Waals surface area contributed by atoms with Gasteiger partial charge < -0.3 is 15.2 Å². The van der Waals surface area contributed by atoms with E-state index in [1.54, 1.807) is 12.1 Å². The first-order valence-electron chi connectivity index (χ1n) is 6.43. The van der Waals surface area contributed by atoms with Crippen LogP contribution in [0.3, 0.4) is 0 Å². The number of benzene rings is 1. The fourth-order valence-corrected chi connectivity index (χ4v) is 3.08. The third-order valence-electron chi connectivity index (χ3n) is 3.54. The van der Waals surface area contributed by atoms with Crippen molar-refractivity contribution in [2.24, 2.45) is 0 Å². The van der Waals surface area contributed by atoms with Crippen LogP contribution in [-0.4, -0.2) is 30.8 Å². The Morgan fingerprint density at radius 1 is 1.53 bits per heavy atom. The van der Waals surface area contributed by atoms with Crippen molar-refractivity contribution in [1.29, 1.82) is 0 Å². The Balaban J connectivity index is 2.30. The molecular weight excluding hydrogens is 357 g/mol. The number of halogens is 1. The molecule has 2 atom stereocenters. The molecule has 2 rings (SSSR count). The Morgan fingerprint density at radius 3 is 2.89 bits per heavy atom. The summed E-state index contributed by atoms with van der Waals surface area (Å²) in [7, 11) is 1.42. The number of carbonyl (C=O) groups excluding carboxylic acids is 1. The molecule has 1 heterocycles. The van der Waals surface area contributed by atoms with Crippen molar-refractivity contribution < 1.29 is 14.6 Å². The summed E-state index contributed by atoms with van der Waals surface area (Å²) in [5.41, 5.74) is 0.897. The average Bonchev–Trinajstić information content (AvgIpc) is 2.44. The first-order valence-corrected chi connectivity index (χ1v) is 7.51. The molecule has 0 bridgehead atoms. The van der Waals surface area contributed by atoms with Crippen LogP contribution in [-0.2, 0) is 9.53 Å². The minimum Gasteiger partial charge on any atom is -0.507 e. The molecule has 1 fully saturated rings. The molecule has 5 heteroatoms. The summed E-state index contributed by atoms with van der Waals surface area (Å²) >= 11 is 2.07. The molecule has 1 aliphatic heterocycles. The molecule has 0 unspecified atom stereocenters. The van der Waals surface area contributed by atoms with Crippen LogP contribution in [0.1, 0.15) is 30.7 Å². The Hall–Kier alpha value is -0.820. The lowest BCUT2D eigenvalue weighted by Gasteiger charge is -2.30. The van der Waals surface area contributed by atoms with Gasteiger partial charge in [-0.2, -0.15) is 0 Å². The largest absolute Gasteiger partial charge is 0.507 e. The van der Waals surface area contributed by atoms with Crippen LogP contribution < -0.4 is 5.32 Å². The van der Waals surface area contributed by atoms with E-state index < -0.39 is 0 Å². The quantitative estimate of drug-likeness (QED) is 0.629. The lowest BCUT2D eigenvalue weighted by atomic mass is 9.86. The summed E-state index contributed by atoms with van der Waals surface area (Å²) in [6, 6.07) is 5.40. The maximum Gasteiger partial charge on any atom is 0.314 e. The van der Waals surface area contributed by atoms with Gasteiger partial charge in [-0.25, -0.2) is 0 Å². The molecule has 1 aromatic carbocycles. The van der Waals surface area contributed by atoms with Crippen molar-refractivity contribution in [3.8, 4) is 5.75 Å². The van der Waals surface area contributed by atoms with E-state index in [0.29, 0.717) is 0 Å². The number of phenols is 1. The molecule has 0 radical (unpaired) electrons. The zero-order valence-corrected chi connectivity index (χ0v) is 13.0. The Morgan fingerprint density at radius 2 is 2.32 bits per heavy atom. The Labute approximate surface area is 126 Å². The van der Waals surface area contributed by atoms with Crippen LogP contribution in [0.25, 0.3) is 0 Å². The second-order valence-electron chi connectivity index (χ2n) is 4.77. The molecule has 1 aromatic rings. The lowest BCUT2D eigenvalue weighted by Crippen LogP contribution is -2.42. The van der Waals surface area contributed by atoms with E-state index in [-0.39, 0.29) is 23.7 Å². The summed E-state index contributed by atoms with van der Waals surface area (Å²) in [5, 5.41) is 13.0. The molecule has 0 saturated carbocycles. The summed E-state index contributed by atoms with van der Waals surface area (Å²) in [4.78, 5) is 12.1. The van der Waals surface area contributed by atoms with Gasteiger partial charge in [-0.1, -0.05) is 12.5 Å². The number of methoxy groups -OCH3 is 1. The van der Waals surface area contributed by atoms with E-state index in [0.717, 1.165) is 34.9 Å². The predicted octanol–water partition coefficient (Wildman–Crippen LogP) is 2.40. The maximum absolute atomic E-state index is 12.1. The van der Waals surface area contributed by atoms with E-state index in [9.17, 15) is 9.90 Å². The SMILES string of the molecule is COC(=O)[C@@H](c1ccc(O)c(I)c1)[C@@H]1CCCCN1. The van der Waals surface area contributed by atoms with Crippen molar-refractivity contribution in [2.45, 2.75) is 31.2 Å². The first kappa shape index (κ1) is 14.6. The van der Waals surface area contributed by atoms with Gasteiger partial charge >= 0.3 is 5.97 Å². The highest BCUT2D eigenvalue weighted by Gasteiger charge is 2.31. The van der Waals surface area contributed by atoms with E-state index in [2.05, 4.69) is 27.9 Å². The van der Waals surface area contributed by atoms with E-state index in [1.165, 1.54) is 7.11 Å². The zero-order valence-electron chi connectivity index (χ0n) is 10.9. The van der Waals surface area contributed by atoms with Gasteiger partial charge in [-0.15, -0.1) is 0 Å². The Kier molecular flexibility index (Phi) is 5.04. The minimum atomic E-state index is -0.306. The number of carbonyl (C=O) groups is 1. The van der Waals surface area contributed by atoms with Crippen LogP contribution in [0, 0.1) is 3.57 Å². The van der Waals surface area contributed by atoms with E-state index >= 15 is 0 Å². The number of ether oxygens (including phenoxy) is 1. The smallest absolute Gasteiger partial charge is 0.314 e. The molecule has 1 saturated heterocycles. The van der Waals surface area contributed by atoms with Gasteiger partial charge in [0.1, 0.15) is 5.75 Å². The number of hydrogen-bond donors (Lipinski definition) is 2. The third-order valence-corrected chi connectivity index (χ3v) is 4.40. The summed E-state index contributed by atoms with van der Waals surface area (Å²) < 4.78 is 5.70. The Bertz CT molecular complexity index is 458. The van der Waals surface area contributed by atoms with E-state index in [1.807, 2.05) is 6.07 Å². The molecule has 4 nitrogen and oxygen atoms in total. The van der Waals surface area contributed by atoms with Gasteiger partial charge in [-0.3, -0.25) is 4.79 Å². The van der Waals surface area contributed by atoms with Crippen molar-refractivity contribution in [3.63, 3.8) is 0 Å². The molecule has 0 aliphatic carbocycles. The van der Waals surface area contributed by atoms with Crippen LogP contribution in [0.2, 0.25) is 0 Å². The molecule has 0 amide bonds. The molecule has 0 spiro atoms. The normalized spacial score (nSPS) is 20.8. The minimum absolute atomic E-state index is 0.113. The number of esters is 1. The molecule has 2 N–H and O–H groups in total. The highest BCUT2D eigenvalue weighted by molar-refractivity contribution is 14.1. The number of piperidine rings is 1. The first-order chi connectivity index (χ1) is 9.13. The van der Waals surface area contributed by atoms with Gasteiger partial charge in [0.2, 0.25) is 0 Å². The number of phenolic OH excluding ortho intramolecular Hbond substituents is 1. The monoisotopic (exact) mass is 375 g/mol. The second kappa shape index (κ2) is 6.56. The van der Waals surface area contributed by atoms with Crippen LogP contribution >= 0.6 is 22.6 Å². The fourth-order valence-electron chi connectivity index (χ4n) is 2.54. The van der Waals surface area contributed by atoms with Gasteiger partial charge in [-0.05, 0) is 59.7 Å². The summed E-state index contributed by atoms with van der Waals surface area (Å²) in [6.45, 7) is 0.938. The van der Waals surface area contributed by atoms with Gasteiger partial charge in [0.05, 0.1) is 16.6 Å². The molecular formula is C14H18INO3. The van der Waals surface area contributed by atoms with Crippen molar-refractivity contribution >= 4 is 28.6 Å². The standard InChI is InChI=1S/C14H18INO3/c1-19-14(18)13(11-4-2-3-7-16-11)9-5-6-12(17)10(15)8-9/h5-6,8,11,13,16-17H,2-4,7H2,1H3/t11-,13-/m0/s1. The highest BCUT2D eigenvalue weighted by Crippen LogP contribution is 2.30. The van der Waals surface area contributed by atoms with Crippen molar-refractivity contribution in [3.05, 3.63) is 27.3 Å². The topological polar surface area (TPSA) is 58.6 Å². The number of rotatable bonds is 3. The van der Waals surface area contributed by atoms with Crippen molar-refractivity contribution in [2.75, 3.05) is 13.7 Å². The van der Waals surface area contributed by atoms with Gasteiger partial charge in [0, 0.05) is 6.04 Å². The molecule has 1 aliphatic rings. The highest BCUT2D eigenvalue weighted by atomic mass is 127. The fraction of sp³-hybridized carbons (Fsp3) is 0.500. The zero-order chi connectivity index (χ0) is 13.8. The number of hydrogen-bond acceptors (Lipinski definition) is 4. The second-order valence-corrected chi connectivity index (χ2v) is 5.93. The molecule has 19 heavy (non-hydrogen) atoms. The van der Waals surface area contributed by atoms with Gasteiger partial charge in [0.25, 0.3) is 0 Å². The average molecular weight is 375 g/mol. The van der Waals surface area contributed by atoms with Crippen LogP contribution in [0.15, 0.2) is 18.2 Å². The van der Waals surface area contributed by atoms with Gasteiger partial charge in [0.15, 0.2) is 0 Å². The molecule has 104 valence electrons. The summed E-state index contributed by atoms with van der Waals surface area (Å²) in [5.74, 6) is -0.287. The predicted molar refractivity (Wildman–Crippen MR) is 81.2 cm³/mol.